The Morgan fingerprint density at radius 1 is 1.54 bits per heavy atom. The average Bonchev–Trinajstić information content (AvgIpc) is 2.15. The van der Waals surface area contributed by atoms with Crippen molar-refractivity contribution in [1.29, 1.82) is 0 Å². The first kappa shape index (κ1) is 12.2. The molecule has 0 aliphatic rings. The quantitative estimate of drug-likeness (QED) is 0.668. The lowest BCUT2D eigenvalue weighted by Crippen LogP contribution is -2.39. The highest BCUT2D eigenvalue weighted by Gasteiger charge is 2.05. The molecular weight excluding hydrogens is 166 g/mol. The minimum atomic E-state index is -0.0224. The molecule has 0 aromatic heterocycles. The third kappa shape index (κ3) is 5.47. The van der Waals surface area contributed by atoms with Gasteiger partial charge < -0.3 is 16.0 Å². The van der Waals surface area contributed by atoms with Gasteiger partial charge in [0.2, 0.25) is 0 Å². The summed E-state index contributed by atoms with van der Waals surface area (Å²) in [5.74, 6) is 0. The standard InChI is InChI=1S/C9H21N3O/c1-4-8(10)6-7-11-9(13)12(3)5-2/h8H,4-7,10H2,1-3H3,(H,11,13). The Balaban J connectivity index is 3.47. The Bertz CT molecular complexity index is 150. The fraction of sp³-hybridized carbons (Fsp3) is 0.889. The zero-order valence-electron chi connectivity index (χ0n) is 8.84. The lowest BCUT2D eigenvalue weighted by Gasteiger charge is -2.16. The van der Waals surface area contributed by atoms with E-state index in [1.807, 2.05) is 13.8 Å². The summed E-state index contributed by atoms with van der Waals surface area (Å²) in [5.41, 5.74) is 5.70. The van der Waals surface area contributed by atoms with Crippen LogP contribution in [0, 0.1) is 0 Å². The fourth-order valence-electron chi connectivity index (χ4n) is 0.847. The summed E-state index contributed by atoms with van der Waals surface area (Å²) in [6.07, 6.45) is 1.80. The lowest BCUT2D eigenvalue weighted by molar-refractivity contribution is 0.210. The molecule has 1 unspecified atom stereocenters. The van der Waals surface area contributed by atoms with Crippen molar-refractivity contribution in [3.8, 4) is 0 Å². The van der Waals surface area contributed by atoms with Crippen LogP contribution in [0.15, 0.2) is 0 Å². The van der Waals surface area contributed by atoms with Crippen LogP contribution in [0.5, 0.6) is 0 Å². The Morgan fingerprint density at radius 2 is 2.15 bits per heavy atom. The lowest BCUT2D eigenvalue weighted by atomic mass is 10.2. The van der Waals surface area contributed by atoms with E-state index in [9.17, 15) is 4.79 Å². The number of hydrogen-bond donors (Lipinski definition) is 2. The predicted octanol–water partition coefficient (Wildman–Crippen LogP) is 0.775. The highest BCUT2D eigenvalue weighted by molar-refractivity contribution is 5.73. The van der Waals surface area contributed by atoms with Crippen LogP contribution in [-0.4, -0.2) is 37.1 Å². The first-order valence-electron chi connectivity index (χ1n) is 4.86. The first-order chi connectivity index (χ1) is 6.11. The second-order valence-electron chi connectivity index (χ2n) is 3.20. The molecule has 1 atom stereocenters. The number of rotatable bonds is 5. The molecule has 0 rings (SSSR count). The normalized spacial score (nSPS) is 12.3. The smallest absolute Gasteiger partial charge is 0.317 e. The van der Waals surface area contributed by atoms with Gasteiger partial charge in [-0.15, -0.1) is 0 Å². The van der Waals surface area contributed by atoms with Gasteiger partial charge in [0, 0.05) is 26.2 Å². The van der Waals surface area contributed by atoms with Gasteiger partial charge in [-0.2, -0.15) is 0 Å². The molecule has 0 fully saturated rings. The van der Waals surface area contributed by atoms with Crippen molar-refractivity contribution in [3.63, 3.8) is 0 Å². The van der Waals surface area contributed by atoms with Crippen molar-refractivity contribution in [2.45, 2.75) is 32.7 Å². The molecule has 78 valence electrons. The zero-order chi connectivity index (χ0) is 10.3. The summed E-state index contributed by atoms with van der Waals surface area (Å²) in [6, 6.07) is 0.179. The van der Waals surface area contributed by atoms with Gasteiger partial charge in [0.15, 0.2) is 0 Å². The zero-order valence-corrected chi connectivity index (χ0v) is 8.84. The van der Waals surface area contributed by atoms with Crippen LogP contribution in [0.1, 0.15) is 26.7 Å². The Labute approximate surface area is 80.5 Å². The van der Waals surface area contributed by atoms with Gasteiger partial charge in [-0.05, 0) is 19.8 Å². The molecule has 0 spiro atoms. The molecule has 0 aromatic carbocycles. The van der Waals surface area contributed by atoms with Crippen LogP contribution in [0.25, 0.3) is 0 Å². The van der Waals surface area contributed by atoms with Crippen molar-refractivity contribution in [2.75, 3.05) is 20.1 Å². The molecule has 2 amide bonds. The van der Waals surface area contributed by atoms with Crippen LogP contribution < -0.4 is 11.1 Å². The van der Waals surface area contributed by atoms with E-state index in [0.29, 0.717) is 6.54 Å². The van der Waals surface area contributed by atoms with E-state index < -0.39 is 0 Å². The van der Waals surface area contributed by atoms with Crippen LogP contribution in [0.4, 0.5) is 4.79 Å². The van der Waals surface area contributed by atoms with E-state index in [1.54, 1.807) is 11.9 Å². The van der Waals surface area contributed by atoms with Gasteiger partial charge >= 0.3 is 6.03 Å². The number of nitrogens with one attached hydrogen (secondary N) is 1. The van der Waals surface area contributed by atoms with Gasteiger partial charge in [0.25, 0.3) is 0 Å². The van der Waals surface area contributed by atoms with Crippen molar-refractivity contribution in [1.82, 2.24) is 10.2 Å². The maximum atomic E-state index is 11.2. The van der Waals surface area contributed by atoms with Crippen molar-refractivity contribution in [2.24, 2.45) is 5.73 Å². The van der Waals surface area contributed by atoms with Crippen LogP contribution in [0.3, 0.4) is 0 Å². The summed E-state index contributed by atoms with van der Waals surface area (Å²) in [6.45, 7) is 5.38. The number of nitrogens with two attached hydrogens (primary N) is 1. The van der Waals surface area contributed by atoms with E-state index in [4.69, 9.17) is 5.73 Å². The first-order valence-corrected chi connectivity index (χ1v) is 4.86. The number of amides is 2. The second kappa shape index (κ2) is 6.71. The number of nitrogens with zero attached hydrogens (tertiary/aromatic N) is 1. The monoisotopic (exact) mass is 187 g/mol. The molecule has 0 saturated carbocycles. The number of hydrogen-bond acceptors (Lipinski definition) is 2. The molecule has 0 aliphatic heterocycles. The van der Waals surface area contributed by atoms with Crippen molar-refractivity contribution >= 4 is 6.03 Å². The fourth-order valence-corrected chi connectivity index (χ4v) is 0.847. The van der Waals surface area contributed by atoms with Gasteiger partial charge in [0.05, 0.1) is 0 Å². The van der Waals surface area contributed by atoms with E-state index in [1.165, 1.54) is 0 Å². The highest BCUT2D eigenvalue weighted by Crippen LogP contribution is 1.91. The van der Waals surface area contributed by atoms with Crippen molar-refractivity contribution in [3.05, 3.63) is 0 Å². The van der Waals surface area contributed by atoms with Crippen LogP contribution in [0.2, 0.25) is 0 Å². The van der Waals surface area contributed by atoms with Crippen molar-refractivity contribution < 1.29 is 4.79 Å². The van der Waals surface area contributed by atoms with Gasteiger partial charge in [-0.25, -0.2) is 4.79 Å². The molecule has 0 heterocycles. The number of carbonyl (C=O) groups is 1. The summed E-state index contributed by atoms with van der Waals surface area (Å²) >= 11 is 0. The van der Waals surface area contributed by atoms with E-state index in [-0.39, 0.29) is 12.1 Å². The Kier molecular flexibility index (Phi) is 6.32. The maximum absolute atomic E-state index is 11.2. The number of urea groups is 1. The molecular formula is C9H21N3O. The molecule has 0 bridgehead atoms. The summed E-state index contributed by atoms with van der Waals surface area (Å²) in [7, 11) is 1.77. The predicted molar refractivity (Wildman–Crippen MR) is 54.6 cm³/mol. The number of carbonyl (C=O) groups excluding carboxylic acids is 1. The van der Waals surface area contributed by atoms with Gasteiger partial charge in [0.1, 0.15) is 0 Å². The third-order valence-corrected chi connectivity index (χ3v) is 2.14. The largest absolute Gasteiger partial charge is 0.338 e. The van der Waals surface area contributed by atoms with E-state index in [2.05, 4.69) is 5.32 Å². The second-order valence-corrected chi connectivity index (χ2v) is 3.20. The van der Waals surface area contributed by atoms with Gasteiger partial charge in [-0.3, -0.25) is 0 Å². The SMILES string of the molecule is CCC(N)CCNC(=O)N(C)CC. The molecule has 4 nitrogen and oxygen atoms in total. The molecule has 3 N–H and O–H groups in total. The van der Waals surface area contributed by atoms with Gasteiger partial charge in [-0.1, -0.05) is 6.92 Å². The minimum Gasteiger partial charge on any atom is -0.338 e. The molecule has 0 radical (unpaired) electrons. The molecule has 0 saturated heterocycles. The van der Waals surface area contributed by atoms with Crippen LogP contribution >= 0.6 is 0 Å². The summed E-state index contributed by atoms with van der Waals surface area (Å²) in [5, 5.41) is 2.81. The average molecular weight is 187 g/mol. The maximum Gasteiger partial charge on any atom is 0.317 e. The highest BCUT2D eigenvalue weighted by atomic mass is 16.2. The summed E-state index contributed by atoms with van der Waals surface area (Å²) in [4.78, 5) is 12.9. The minimum absolute atomic E-state index is 0.0224. The molecule has 4 heteroatoms. The summed E-state index contributed by atoms with van der Waals surface area (Å²) < 4.78 is 0. The van der Waals surface area contributed by atoms with E-state index in [0.717, 1.165) is 19.4 Å². The molecule has 0 aliphatic carbocycles. The molecule has 13 heavy (non-hydrogen) atoms. The van der Waals surface area contributed by atoms with Crippen LogP contribution in [-0.2, 0) is 0 Å². The topological polar surface area (TPSA) is 58.4 Å². The third-order valence-electron chi connectivity index (χ3n) is 2.14. The Hall–Kier alpha value is -0.770. The molecule has 0 aromatic rings. The van der Waals surface area contributed by atoms with E-state index >= 15 is 0 Å². The Morgan fingerprint density at radius 3 is 2.62 bits per heavy atom.